The highest BCUT2D eigenvalue weighted by Gasteiger charge is 2.00. The predicted molar refractivity (Wildman–Crippen MR) is 118 cm³/mol. The Morgan fingerprint density at radius 2 is 1.07 bits per heavy atom. The van der Waals surface area contributed by atoms with Crippen molar-refractivity contribution < 1.29 is 33.2 Å². The summed E-state index contributed by atoms with van der Waals surface area (Å²) in [5.41, 5.74) is 0. The summed E-state index contributed by atoms with van der Waals surface area (Å²) in [6.45, 7) is 10.8. The van der Waals surface area contributed by atoms with Gasteiger partial charge in [0.15, 0.2) is 0 Å². The van der Waals surface area contributed by atoms with Gasteiger partial charge in [0.05, 0.1) is 59.5 Å². The van der Waals surface area contributed by atoms with Crippen molar-refractivity contribution in [2.75, 3.05) is 72.7 Å². The molecule has 0 atom stereocenters. The van der Waals surface area contributed by atoms with Crippen LogP contribution in [0.3, 0.4) is 0 Å². The number of ether oxygens (including phenoxy) is 6. The molecule has 0 bridgehead atoms. The Hall–Kier alpha value is -0.990. The molecule has 0 aromatic carbocycles. The van der Waals surface area contributed by atoms with Crippen molar-refractivity contribution in [1.82, 2.24) is 0 Å². The van der Waals surface area contributed by atoms with E-state index in [0.717, 1.165) is 19.4 Å². The van der Waals surface area contributed by atoms with Crippen LogP contribution in [0.15, 0.2) is 12.7 Å². The van der Waals surface area contributed by atoms with Crippen LogP contribution >= 0.6 is 0 Å². The minimum absolute atomic E-state index is 0.0363. The molecular formula is C23H44O7. The van der Waals surface area contributed by atoms with Crippen molar-refractivity contribution in [2.24, 2.45) is 0 Å². The molecule has 0 radical (unpaired) electrons. The summed E-state index contributed by atoms with van der Waals surface area (Å²) >= 11 is 0. The summed E-state index contributed by atoms with van der Waals surface area (Å²) in [7, 11) is 0. The number of esters is 1. The molecule has 0 rings (SSSR count). The lowest BCUT2D eigenvalue weighted by atomic mass is 10.1. The van der Waals surface area contributed by atoms with Gasteiger partial charge < -0.3 is 28.4 Å². The molecule has 0 spiro atoms. The van der Waals surface area contributed by atoms with Gasteiger partial charge in [-0.05, 0) is 26.2 Å². The van der Waals surface area contributed by atoms with Crippen LogP contribution in [0.25, 0.3) is 0 Å². The van der Waals surface area contributed by atoms with Crippen LogP contribution in [-0.2, 0) is 33.2 Å². The van der Waals surface area contributed by atoms with E-state index in [1.165, 1.54) is 38.5 Å². The number of unbranched alkanes of at least 4 members (excludes halogenated alkanes) is 7. The Balaban J connectivity index is 3.03. The average molecular weight is 433 g/mol. The van der Waals surface area contributed by atoms with E-state index in [-0.39, 0.29) is 12.6 Å². The fourth-order valence-corrected chi connectivity index (χ4v) is 2.61. The van der Waals surface area contributed by atoms with Gasteiger partial charge in [0.2, 0.25) is 0 Å². The third kappa shape index (κ3) is 25.0. The van der Waals surface area contributed by atoms with Crippen LogP contribution in [0.5, 0.6) is 0 Å². The van der Waals surface area contributed by atoms with Gasteiger partial charge in [-0.15, -0.1) is 6.58 Å². The molecule has 0 saturated carbocycles. The summed E-state index contributed by atoms with van der Waals surface area (Å²) in [5, 5.41) is 0. The summed E-state index contributed by atoms with van der Waals surface area (Å²) in [4.78, 5) is 11.0. The summed E-state index contributed by atoms with van der Waals surface area (Å²) in [6.07, 6.45) is 12.1. The number of allylic oxidation sites excluding steroid dienone is 1. The SMILES string of the molecule is C=CCCCCCCCCCOCCOCCOCCOCCOCC(=O)OCC. The van der Waals surface area contributed by atoms with E-state index in [1.54, 1.807) is 6.92 Å². The number of hydrogen-bond acceptors (Lipinski definition) is 7. The molecule has 0 aromatic heterocycles. The zero-order valence-electron chi connectivity index (χ0n) is 19.1. The molecule has 0 aliphatic carbocycles. The van der Waals surface area contributed by atoms with Gasteiger partial charge in [-0.2, -0.15) is 0 Å². The van der Waals surface area contributed by atoms with Crippen LogP contribution in [-0.4, -0.2) is 78.6 Å². The molecule has 0 aliphatic heterocycles. The van der Waals surface area contributed by atoms with Crippen molar-refractivity contribution in [3.05, 3.63) is 12.7 Å². The Morgan fingerprint density at radius 3 is 1.57 bits per heavy atom. The fraction of sp³-hybridized carbons (Fsp3) is 0.870. The number of carbonyl (C=O) groups excluding carboxylic acids is 1. The lowest BCUT2D eigenvalue weighted by Crippen LogP contribution is -2.16. The topological polar surface area (TPSA) is 72.5 Å². The molecule has 0 amide bonds. The number of hydrogen-bond donors (Lipinski definition) is 0. The number of rotatable bonds is 25. The molecule has 0 heterocycles. The third-order valence-corrected chi connectivity index (χ3v) is 4.21. The van der Waals surface area contributed by atoms with E-state index in [4.69, 9.17) is 28.4 Å². The zero-order chi connectivity index (χ0) is 22.0. The van der Waals surface area contributed by atoms with Crippen LogP contribution < -0.4 is 0 Å². The summed E-state index contributed by atoms with van der Waals surface area (Å²) in [5.74, 6) is -0.354. The average Bonchev–Trinajstić information content (AvgIpc) is 2.74. The second-order valence-electron chi connectivity index (χ2n) is 6.86. The first-order chi connectivity index (χ1) is 14.8. The van der Waals surface area contributed by atoms with Gasteiger partial charge in [0, 0.05) is 6.61 Å². The first kappa shape index (κ1) is 29.0. The van der Waals surface area contributed by atoms with Crippen molar-refractivity contribution in [3.63, 3.8) is 0 Å². The molecule has 0 aromatic rings. The molecule has 30 heavy (non-hydrogen) atoms. The Kier molecular flexibility index (Phi) is 25.2. The van der Waals surface area contributed by atoms with Gasteiger partial charge in [-0.1, -0.05) is 38.2 Å². The van der Waals surface area contributed by atoms with Gasteiger partial charge in [0.25, 0.3) is 0 Å². The van der Waals surface area contributed by atoms with Crippen LogP contribution in [0.4, 0.5) is 0 Å². The van der Waals surface area contributed by atoms with Crippen LogP contribution in [0.1, 0.15) is 58.3 Å². The second-order valence-corrected chi connectivity index (χ2v) is 6.86. The monoisotopic (exact) mass is 432 g/mol. The third-order valence-electron chi connectivity index (χ3n) is 4.21. The van der Waals surface area contributed by atoms with E-state index >= 15 is 0 Å². The Bertz CT molecular complexity index is 363. The Morgan fingerprint density at radius 1 is 0.633 bits per heavy atom. The smallest absolute Gasteiger partial charge is 0.332 e. The van der Waals surface area contributed by atoms with Crippen molar-refractivity contribution in [2.45, 2.75) is 58.3 Å². The maximum atomic E-state index is 11.0. The van der Waals surface area contributed by atoms with E-state index < -0.39 is 0 Å². The molecule has 0 N–H and O–H groups in total. The fourth-order valence-electron chi connectivity index (χ4n) is 2.61. The first-order valence-electron chi connectivity index (χ1n) is 11.5. The highest BCUT2D eigenvalue weighted by atomic mass is 16.6. The molecule has 0 fully saturated rings. The summed E-state index contributed by atoms with van der Waals surface area (Å²) in [6, 6.07) is 0. The van der Waals surface area contributed by atoms with Gasteiger partial charge in [0.1, 0.15) is 6.61 Å². The predicted octanol–water partition coefficient (Wildman–Crippen LogP) is 3.94. The van der Waals surface area contributed by atoms with E-state index in [9.17, 15) is 4.79 Å². The maximum absolute atomic E-state index is 11.0. The Labute approximate surface area is 183 Å². The molecule has 7 heteroatoms. The lowest BCUT2D eigenvalue weighted by Gasteiger charge is -2.08. The zero-order valence-corrected chi connectivity index (χ0v) is 19.1. The van der Waals surface area contributed by atoms with Crippen molar-refractivity contribution >= 4 is 5.97 Å². The van der Waals surface area contributed by atoms with E-state index in [0.29, 0.717) is 59.5 Å². The highest BCUT2D eigenvalue weighted by molar-refractivity contribution is 5.70. The van der Waals surface area contributed by atoms with Gasteiger partial charge >= 0.3 is 5.97 Å². The molecular weight excluding hydrogens is 388 g/mol. The second kappa shape index (κ2) is 26.0. The van der Waals surface area contributed by atoms with Crippen molar-refractivity contribution in [1.29, 1.82) is 0 Å². The first-order valence-corrected chi connectivity index (χ1v) is 11.5. The molecule has 0 saturated heterocycles. The largest absolute Gasteiger partial charge is 0.464 e. The number of carbonyl (C=O) groups is 1. The van der Waals surface area contributed by atoms with Gasteiger partial charge in [-0.3, -0.25) is 0 Å². The quantitative estimate of drug-likeness (QED) is 0.123. The van der Waals surface area contributed by atoms with E-state index in [2.05, 4.69) is 6.58 Å². The van der Waals surface area contributed by atoms with Gasteiger partial charge in [-0.25, -0.2) is 4.79 Å². The molecule has 178 valence electrons. The highest BCUT2D eigenvalue weighted by Crippen LogP contribution is 2.08. The van der Waals surface area contributed by atoms with Crippen LogP contribution in [0, 0.1) is 0 Å². The molecule has 0 aliphatic rings. The maximum Gasteiger partial charge on any atom is 0.332 e. The van der Waals surface area contributed by atoms with Crippen molar-refractivity contribution in [3.8, 4) is 0 Å². The summed E-state index contributed by atoms with van der Waals surface area (Å²) < 4.78 is 31.7. The normalized spacial score (nSPS) is 11.0. The molecule has 0 unspecified atom stereocenters. The van der Waals surface area contributed by atoms with Crippen LogP contribution in [0.2, 0.25) is 0 Å². The lowest BCUT2D eigenvalue weighted by molar-refractivity contribution is -0.149. The standard InChI is InChI=1S/C23H44O7/c1-3-5-6-7-8-9-10-11-12-13-25-14-15-26-16-17-27-18-19-28-20-21-29-22-23(24)30-4-2/h3H,1,4-22H2,2H3. The van der Waals surface area contributed by atoms with E-state index in [1.807, 2.05) is 6.08 Å². The minimum atomic E-state index is -0.354. The molecule has 7 nitrogen and oxygen atoms in total. The minimum Gasteiger partial charge on any atom is -0.464 e.